The first-order chi connectivity index (χ1) is 13.0. The van der Waals surface area contributed by atoms with E-state index in [4.69, 9.17) is 4.98 Å². The summed E-state index contributed by atoms with van der Waals surface area (Å²) < 4.78 is 1.88. The van der Waals surface area contributed by atoms with Gasteiger partial charge in [-0.1, -0.05) is 0 Å². The summed E-state index contributed by atoms with van der Waals surface area (Å²) in [5, 5.41) is 13.2. The minimum atomic E-state index is -1.19. The molecule has 2 N–H and O–H groups in total. The summed E-state index contributed by atoms with van der Waals surface area (Å²) in [6.45, 7) is 3.06. The van der Waals surface area contributed by atoms with Crippen LogP contribution < -0.4 is 10.7 Å². The molecule has 1 unspecified atom stereocenters. The lowest BCUT2D eigenvalue weighted by molar-refractivity contribution is 0.0695. The number of rotatable bonds is 3. The lowest BCUT2D eigenvalue weighted by atomic mass is 10.0. The number of hydrogen-bond donors (Lipinski definition) is 2. The lowest BCUT2D eigenvalue weighted by Crippen LogP contribution is -2.31. The predicted molar refractivity (Wildman–Crippen MR) is 115 cm³/mol. The van der Waals surface area contributed by atoms with Crippen molar-refractivity contribution < 1.29 is 9.90 Å². The Morgan fingerprint density at radius 1 is 1.36 bits per heavy atom. The quantitative estimate of drug-likeness (QED) is 0.619. The number of nitrogens with one attached hydrogen (secondary N) is 1. The van der Waals surface area contributed by atoms with E-state index < -0.39 is 11.4 Å². The maximum atomic E-state index is 12.6. The van der Waals surface area contributed by atoms with Crippen molar-refractivity contribution in [1.82, 2.24) is 14.9 Å². The number of halogens is 1. The normalized spacial score (nSPS) is 18.5. The van der Waals surface area contributed by atoms with Gasteiger partial charge in [-0.2, -0.15) is 0 Å². The molecule has 28 heavy (non-hydrogen) atoms. The zero-order valence-corrected chi connectivity index (χ0v) is 17.8. The molecule has 0 radical (unpaired) electrons. The fraction of sp³-hybridized carbons (Fsp3) is 0.350. The van der Waals surface area contributed by atoms with Crippen molar-refractivity contribution in [2.24, 2.45) is 0 Å². The molecule has 8 heteroatoms. The molecule has 1 aliphatic carbocycles. The Morgan fingerprint density at radius 3 is 2.86 bits per heavy atom. The van der Waals surface area contributed by atoms with E-state index >= 15 is 0 Å². The fourth-order valence-electron chi connectivity index (χ4n) is 3.73. The molecule has 146 valence electrons. The monoisotopic (exact) mass is 461 g/mol. The lowest BCUT2D eigenvalue weighted by Gasteiger charge is -2.19. The summed E-state index contributed by atoms with van der Waals surface area (Å²) >= 11 is 1.73. The van der Waals surface area contributed by atoms with Crippen LogP contribution in [0.5, 0.6) is 0 Å². The van der Waals surface area contributed by atoms with Crippen LogP contribution in [0.1, 0.15) is 46.6 Å². The van der Waals surface area contributed by atoms with Gasteiger partial charge < -0.3 is 15.0 Å². The summed E-state index contributed by atoms with van der Waals surface area (Å²) in [5.41, 5.74) is 2.14. The average Bonchev–Trinajstić information content (AvgIpc) is 3.40. The maximum absolute atomic E-state index is 12.6. The number of nitrogens with zero attached hydrogens (tertiary/aromatic N) is 2. The van der Waals surface area contributed by atoms with Gasteiger partial charge in [0.05, 0.1) is 16.0 Å². The van der Waals surface area contributed by atoms with E-state index in [2.05, 4.69) is 18.3 Å². The Kier molecular flexibility index (Phi) is 4.89. The third kappa shape index (κ3) is 3.19. The van der Waals surface area contributed by atoms with Gasteiger partial charge in [0.2, 0.25) is 5.43 Å². The Hall–Kier alpha value is -2.03. The van der Waals surface area contributed by atoms with Crippen LogP contribution in [0.25, 0.3) is 21.6 Å². The number of carboxylic acid groups (broad SMARTS) is 1. The largest absolute Gasteiger partial charge is 0.477 e. The Morgan fingerprint density at radius 2 is 2.14 bits per heavy atom. The number of fused-ring (bicyclic) bond motifs is 2. The van der Waals surface area contributed by atoms with Gasteiger partial charge in [0.25, 0.3) is 0 Å². The molecule has 3 aromatic heterocycles. The second kappa shape index (κ2) is 7.09. The van der Waals surface area contributed by atoms with Crippen LogP contribution >= 0.6 is 28.3 Å². The minimum Gasteiger partial charge on any atom is -0.477 e. The second-order valence-corrected chi connectivity index (χ2v) is 8.57. The number of aromatic nitrogens is 2. The van der Waals surface area contributed by atoms with E-state index in [-0.39, 0.29) is 28.6 Å². The zero-order valence-electron chi connectivity index (χ0n) is 15.3. The zero-order chi connectivity index (χ0) is 18.7. The molecule has 1 saturated carbocycles. The SMILES string of the molecule is Br.CC1Cc2cc(-c3ccc4c(=O)c(C(=O)O)cn(C5CC5)c4n3)sc2CN1. The van der Waals surface area contributed by atoms with Crippen LogP contribution in [0, 0.1) is 0 Å². The van der Waals surface area contributed by atoms with Crippen molar-refractivity contribution >= 4 is 45.3 Å². The van der Waals surface area contributed by atoms with Crippen LogP contribution in [0.4, 0.5) is 0 Å². The van der Waals surface area contributed by atoms with E-state index in [0.29, 0.717) is 17.1 Å². The highest BCUT2D eigenvalue weighted by Crippen LogP contribution is 2.38. The van der Waals surface area contributed by atoms with Crippen LogP contribution in [-0.4, -0.2) is 26.7 Å². The Balaban J connectivity index is 0.00000192. The van der Waals surface area contributed by atoms with Crippen molar-refractivity contribution in [2.45, 2.75) is 44.8 Å². The summed E-state index contributed by atoms with van der Waals surface area (Å²) in [4.78, 5) is 31.2. The molecule has 4 heterocycles. The van der Waals surface area contributed by atoms with Crippen molar-refractivity contribution in [2.75, 3.05) is 0 Å². The topological polar surface area (TPSA) is 84.2 Å². The molecule has 1 atom stereocenters. The molecule has 0 bridgehead atoms. The summed E-state index contributed by atoms with van der Waals surface area (Å²) in [6, 6.07) is 6.47. The summed E-state index contributed by atoms with van der Waals surface area (Å²) in [6.07, 6.45) is 4.44. The van der Waals surface area contributed by atoms with E-state index in [1.54, 1.807) is 17.4 Å². The van der Waals surface area contributed by atoms with Gasteiger partial charge >= 0.3 is 5.97 Å². The first kappa shape index (κ1) is 19.3. The van der Waals surface area contributed by atoms with Gasteiger partial charge in [-0.05, 0) is 49.9 Å². The molecule has 0 spiro atoms. The Bertz CT molecular complexity index is 1150. The third-order valence-electron chi connectivity index (χ3n) is 5.33. The molecule has 0 aromatic carbocycles. The minimum absolute atomic E-state index is 0. The number of aromatic carboxylic acids is 1. The number of carbonyl (C=O) groups is 1. The van der Waals surface area contributed by atoms with Crippen LogP contribution in [-0.2, 0) is 13.0 Å². The number of hydrogen-bond acceptors (Lipinski definition) is 5. The second-order valence-electron chi connectivity index (χ2n) is 7.43. The number of pyridine rings is 2. The molecule has 1 fully saturated rings. The molecule has 5 rings (SSSR count). The van der Waals surface area contributed by atoms with Crippen molar-refractivity contribution in [3.63, 3.8) is 0 Å². The Labute approximate surface area is 176 Å². The summed E-state index contributed by atoms with van der Waals surface area (Å²) in [5.74, 6) is -1.19. The van der Waals surface area contributed by atoms with Gasteiger partial charge in [0, 0.05) is 29.7 Å². The fourth-order valence-corrected chi connectivity index (χ4v) is 4.84. The average molecular weight is 462 g/mol. The molecule has 1 aliphatic heterocycles. The van der Waals surface area contributed by atoms with Crippen LogP contribution in [0.3, 0.4) is 0 Å². The first-order valence-electron chi connectivity index (χ1n) is 9.16. The molecular formula is C20H20BrN3O3S. The number of carboxylic acids is 1. The molecule has 0 amide bonds. The summed E-state index contributed by atoms with van der Waals surface area (Å²) in [7, 11) is 0. The third-order valence-corrected chi connectivity index (χ3v) is 6.53. The van der Waals surface area contributed by atoms with Crippen LogP contribution in [0.15, 0.2) is 29.2 Å². The van der Waals surface area contributed by atoms with Gasteiger partial charge in [0.1, 0.15) is 11.2 Å². The van der Waals surface area contributed by atoms with Crippen molar-refractivity contribution in [1.29, 1.82) is 0 Å². The molecule has 2 aliphatic rings. The smallest absolute Gasteiger partial charge is 0.341 e. The van der Waals surface area contributed by atoms with Crippen molar-refractivity contribution in [3.05, 3.63) is 50.6 Å². The van der Waals surface area contributed by atoms with Gasteiger partial charge in [-0.25, -0.2) is 9.78 Å². The van der Waals surface area contributed by atoms with E-state index in [1.807, 2.05) is 10.6 Å². The van der Waals surface area contributed by atoms with Crippen LogP contribution in [0.2, 0.25) is 0 Å². The first-order valence-corrected chi connectivity index (χ1v) is 9.97. The highest BCUT2D eigenvalue weighted by atomic mass is 79.9. The molecule has 0 saturated heterocycles. The van der Waals surface area contributed by atoms with Gasteiger partial charge in [-0.3, -0.25) is 4.79 Å². The van der Waals surface area contributed by atoms with E-state index in [9.17, 15) is 14.7 Å². The standard InChI is InChI=1S/C20H19N3O3S.BrH/c1-10-6-11-7-16(27-17(11)8-21-10)15-5-4-13-18(24)14(20(25)26)9-23(12-2-3-12)19(13)22-15;/h4-5,7,9-10,12,21H,2-3,6,8H2,1H3,(H,25,26);1H. The van der Waals surface area contributed by atoms with E-state index in [0.717, 1.165) is 36.4 Å². The molecular weight excluding hydrogens is 442 g/mol. The van der Waals surface area contributed by atoms with Gasteiger partial charge in [0.15, 0.2) is 0 Å². The highest BCUT2D eigenvalue weighted by molar-refractivity contribution is 8.93. The van der Waals surface area contributed by atoms with Crippen molar-refractivity contribution in [3.8, 4) is 10.6 Å². The predicted octanol–water partition coefficient (Wildman–Crippen LogP) is 3.77. The highest BCUT2D eigenvalue weighted by Gasteiger charge is 2.28. The van der Waals surface area contributed by atoms with Gasteiger partial charge in [-0.15, -0.1) is 28.3 Å². The number of thiophene rings is 1. The molecule has 3 aromatic rings. The molecule has 6 nitrogen and oxygen atoms in total. The maximum Gasteiger partial charge on any atom is 0.341 e. The van der Waals surface area contributed by atoms with E-state index in [1.165, 1.54) is 16.6 Å².